The first-order valence-electron chi connectivity index (χ1n) is 11.4. The predicted molar refractivity (Wildman–Crippen MR) is 126 cm³/mol. The minimum Gasteiger partial charge on any atom is -0.284 e. The molecule has 0 N–H and O–H groups in total. The second-order valence-electron chi connectivity index (χ2n) is 8.94. The van der Waals surface area contributed by atoms with Crippen LogP contribution in [0.15, 0.2) is 64.2 Å². The van der Waals surface area contributed by atoms with Crippen LogP contribution in [0.2, 0.25) is 0 Å². The van der Waals surface area contributed by atoms with Gasteiger partial charge in [0.25, 0.3) is 0 Å². The third-order valence-corrected chi connectivity index (χ3v) is 6.67. The highest BCUT2D eigenvalue weighted by atomic mass is 14.8. The van der Waals surface area contributed by atoms with Crippen LogP contribution in [-0.2, 0) is 0 Å². The minimum atomic E-state index is 0.139. The summed E-state index contributed by atoms with van der Waals surface area (Å²) in [6.45, 7) is 17.1. The fraction of sp³-hybridized carbons (Fsp3) is 0.593. The van der Waals surface area contributed by atoms with Gasteiger partial charge in [-0.2, -0.15) is 0 Å². The molecular weight excluding hydrogens is 338 g/mol. The second-order valence-corrected chi connectivity index (χ2v) is 8.94. The Kier molecular flexibility index (Phi) is 8.28. The summed E-state index contributed by atoms with van der Waals surface area (Å²) in [7, 11) is 0. The fourth-order valence-electron chi connectivity index (χ4n) is 4.62. The minimum absolute atomic E-state index is 0.139. The van der Waals surface area contributed by atoms with E-state index in [4.69, 9.17) is 4.99 Å². The Morgan fingerprint density at radius 1 is 1.25 bits per heavy atom. The smallest absolute Gasteiger partial charge is 0.0681 e. The van der Waals surface area contributed by atoms with E-state index in [1.165, 1.54) is 28.9 Å². The lowest BCUT2D eigenvalue weighted by Gasteiger charge is -2.43. The van der Waals surface area contributed by atoms with Gasteiger partial charge in [-0.1, -0.05) is 90.5 Å². The van der Waals surface area contributed by atoms with Crippen molar-refractivity contribution in [1.82, 2.24) is 0 Å². The maximum atomic E-state index is 5.10. The van der Waals surface area contributed by atoms with Gasteiger partial charge in [-0.15, -0.1) is 0 Å². The molecule has 0 bridgehead atoms. The quantitative estimate of drug-likeness (QED) is 0.399. The molecule has 154 valence electrons. The van der Waals surface area contributed by atoms with Gasteiger partial charge >= 0.3 is 0 Å². The van der Waals surface area contributed by atoms with Gasteiger partial charge < -0.3 is 0 Å². The van der Waals surface area contributed by atoms with Gasteiger partial charge in [-0.3, -0.25) is 4.99 Å². The maximum absolute atomic E-state index is 5.10. The molecule has 3 unspecified atom stereocenters. The maximum Gasteiger partial charge on any atom is 0.0681 e. The summed E-state index contributed by atoms with van der Waals surface area (Å²) in [6, 6.07) is 0. The SMILES string of the molecule is C/C=C1/CCN=C(C2=CC=CCC2C(C)(C=CCC)C(C)CC)/C1=C/C(C)C. The first-order chi connectivity index (χ1) is 13.4. The van der Waals surface area contributed by atoms with E-state index in [1.54, 1.807) is 0 Å². The molecule has 0 aromatic rings. The third kappa shape index (κ3) is 4.85. The number of rotatable bonds is 7. The van der Waals surface area contributed by atoms with Crippen LogP contribution in [0.25, 0.3) is 0 Å². The van der Waals surface area contributed by atoms with Crippen molar-refractivity contribution in [3.63, 3.8) is 0 Å². The van der Waals surface area contributed by atoms with E-state index in [0.29, 0.717) is 17.8 Å². The average Bonchev–Trinajstić information content (AvgIpc) is 2.71. The van der Waals surface area contributed by atoms with Crippen LogP contribution in [0.4, 0.5) is 0 Å². The molecule has 1 aliphatic heterocycles. The molecule has 1 heterocycles. The van der Waals surface area contributed by atoms with E-state index in [-0.39, 0.29) is 5.41 Å². The van der Waals surface area contributed by atoms with Crippen molar-refractivity contribution < 1.29 is 0 Å². The number of nitrogens with zero attached hydrogens (tertiary/aromatic N) is 1. The summed E-state index contributed by atoms with van der Waals surface area (Å²) in [5.74, 6) is 1.62. The standard InChI is InChI=1S/C27H41N/c1-8-11-17-27(7,21(6)9-2)25-15-13-12-14-23(25)26-24(19-20(4)5)22(10-3)16-18-28-26/h10-14,17,19-21,25H,8-9,15-16,18H2,1-7H3/b17-11?,22-10-,24-19+. The van der Waals surface area contributed by atoms with Crippen molar-refractivity contribution in [2.75, 3.05) is 6.54 Å². The molecule has 1 aliphatic carbocycles. The summed E-state index contributed by atoms with van der Waals surface area (Å²) >= 11 is 0. The molecule has 0 saturated heterocycles. The van der Waals surface area contributed by atoms with Gasteiger partial charge in [-0.05, 0) is 66.1 Å². The van der Waals surface area contributed by atoms with Crippen molar-refractivity contribution in [2.45, 2.75) is 74.1 Å². The summed E-state index contributed by atoms with van der Waals surface area (Å²) in [5, 5.41) is 0. The van der Waals surface area contributed by atoms with Crippen LogP contribution in [0, 0.1) is 23.2 Å². The van der Waals surface area contributed by atoms with Gasteiger partial charge in [0.05, 0.1) is 5.71 Å². The third-order valence-electron chi connectivity index (χ3n) is 6.67. The molecular formula is C27H41N. The lowest BCUT2D eigenvalue weighted by molar-refractivity contribution is 0.189. The van der Waals surface area contributed by atoms with E-state index in [0.717, 1.165) is 25.8 Å². The molecule has 0 fully saturated rings. The molecule has 28 heavy (non-hydrogen) atoms. The van der Waals surface area contributed by atoms with Gasteiger partial charge in [0, 0.05) is 6.54 Å². The van der Waals surface area contributed by atoms with Crippen LogP contribution in [0.1, 0.15) is 74.1 Å². The van der Waals surface area contributed by atoms with E-state index < -0.39 is 0 Å². The monoisotopic (exact) mass is 379 g/mol. The van der Waals surface area contributed by atoms with Gasteiger partial charge in [0.15, 0.2) is 0 Å². The topological polar surface area (TPSA) is 12.4 Å². The Balaban J connectivity index is 2.57. The van der Waals surface area contributed by atoms with Gasteiger partial charge in [0.2, 0.25) is 0 Å². The second kappa shape index (κ2) is 10.2. The van der Waals surface area contributed by atoms with Crippen LogP contribution in [-0.4, -0.2) is 12.3 Å². The Labute approximate surface area is 174 Å². The number of hydrogen-bond acceptors (Lipinski definition) is 1. The zero-order valence-electron chi connectivity index (χ0n) is 19.3. The zero-order valence-corrected chi connectivity index (χ0v) is 19.3. The number of aliphatic imine (C=N–C) groups is 1. The Bertz CT molecular complexity index is 711. The number of allylic oxidation sites excluding steroid dienone is 9. The Hall–Kier alpha value is -1.63. The van der Waals surface area contributed by atoms with E-state index >= 15 is 0 Å². The summed E-state index contributed by atoms with van der Waals surface area (Å²) < 4.78 is 0. The molecule has 2 aliphatic rings. The molecule has 1 heteroatoms. The molecule has 0 amide bonds. The van der Waals surface area contributed by atoms with E-state index in [1.807, 2.05) is 0 Å². The fourth-order valence-corrected chi connectivity index (χ4v) is 4.62. The Morgan fingerprint density at radius 2 is 2.00 bits per heavy atom. The van der Waals surface area contributed by atoms with Crippen molar-refractivity contribution in [3.05, 3.63) is 59.3 Å². The van der Waals surface area contributed by atoms with Crippen LogP contribution in [0.3, 0.4) is 0 Å². The lowest BCUT2D eigenvalue weighted by atomic mass is 9.61. The van der Waals surface area contributed by atoms with Crippen molar-refractivity contribution in [2.24, 2.45) is 28.2 Å². The van der Waals surface area contributed by atoms with Crippen molar-refractivity contribution in [1.29, 1.82) is 0 Å². The number of hydrogen-bond donors (Lipinski definition) is 0. The largest absolute Gasteiger partial charge is 0.284 e. The molecule has 1 nitrogen and oxygen atoms in total. The molecule has 0 aromatic heterocycles. The average molecular weight is 380 g/mol. The molecule has 0 saturated carbocycles. The van der Waals surface area contributed by atoms with Crippen LogP contribution < -0.4 is 0 Å². The molecule has 2 rings (SSSR count). The van der Waals surface area contributed by atoms with Crippen molar-refractivity contribution >= 4 is 5.71 Å². The molecule has 3 atom stereocenters. The van der Waals surface area contributed by atoms with Crippen LogP contribution >= 0.6 is 0 Å². The normalized spacial score (nSPS) is 26.6. The highest BCUT2D eigenvalue weighted by molar-refractivity contribution is 6.16. The summed E-state index contributed by atoms with van der Waals surface area (Å²) in [6.07, 6.45) is 21.0. The highest BCUT2D eigenvalue weighted by Gasteiger charge is 2.40. The van der Waals surface area contributed by atoms with Crippen LogP contribution in [0.5, 0.6) is 0 Å². The predicted octanol–water partition coefficient (Wildman–Crippen LogP) is 7.88. The molecule has 0 spiro atoms. The summed E-state index contributed by atoms with van der Waals surface area (Å²) in [4.78, 5) is 5.10. The first-order valence-corrected chi connectivity index (χ1v) is 11.4. The Morgan fingerprint density at radius 3 is 2.61 bits per heavy atom. The summed E-state index contributed by atoms with van der Waals surface area (Å²) in [5.41, 5.74) is 5.67. The lowest BCUT2D eigenvalue weighted by Crippen LogP contribution is -2.37. The van der Waals surface area contributed by atoms with E-state index in [2.05, 4.69) is 91.0 Å². The van der Waals surface area contributed by atoms with Gasteiger partial charge in [-0.25, -0.2) is 0 Å². The molecule has 0 aromatic carbocycles. The van der Waals surface area contributed by atoms with Crippen molar-refractivity contribution in [3.8, 4) is 0 Å². The van der Waals surface area contributed by atoms with Gasteiger partial charge in [0.1, 0.15) is 0 Å². The molecule has 0 radical (unpaired) electrons. The van der Waals surface area contributed by atoms with E-state index in [9.17, 15) is 0 Å². The first kappa shape index (κ1) is 22.7. The highest BCUT2D eigenvalue weighted by Crippen LogP contribution is 2.47. The zero-order chi connectivity index (χ0) is 20.7.